The summed E-state index contributed by atoms with van der Waals surface area (Å²) in [7, 11) is 0. The summed E-state index contributed by atoms with van der Waals surface area (Å²) in [5.74, 6) is -0.839. The van der Waals surface area contributed by atoms with Gasteiger partial charge in [-0.3, -0.25) is 4.79 Å². The summed E-state index contributed by atoms with van der Waals surface area (Å²) >= 11 is 0. The standard InChI is InChI=1S/C16H24N2O3/c1-11(2)18(7-5-6-15(19)20)16(21)17-14-9-12(3)8-13(4)10-14/h8-11H,5-7H2,1-4H3,(H,17,21)(H,19,20). The molecule has 0 aliphatic heterocycles. The van der Waals surface area contributed by atoms with Crippen LogP contribution in [0.25, 0.3) is 0 Å². The van der Waals surface area contributed by atoms with Crippen molar-refractivity contribution in [1.82, 2.24) is 4.90 Å². The number of aryl methyl sites for hydroxylation is 2. The molecule has 0 radical (unpaired) electrons. The summed E-state index contributed by atoms with van der Waals surface area (Å²) < 4.78 is 0. The van der Waals surface area contributed by atoms with Gasteiger partial charge >= 0.3 is 12.0 Å². The van der Waals surface area contributed by atoms with E-state index in [1.54, 1.807) is 4.90 Å². The molecule has 0 aliphatic carbocycles. The summed E-state index contributed by atoms with van der Waals surface area (Å²) in [6.45, 7) is 8.23. The van der Waals surface area contributed by atoms with E-state index in [0.29, 0.717) is 13.0 Å². The quantitative estimate of drug-likeness (QED) is 0.844. The molecular formula is C16H24N2O3. The fourth-order valence-corrected chi connectivity index (χ4v) is 2.24. The molecule has 5 nitrogen and oxygen atoms in total. The topological polar surface area (TPSA) is 69.6 Å². The van der Waals surface area contributed by atoms with E-state index in [-0.39, 0.29) is 18.5 Å². The average molecular weight is 292 g/mol. The number of carboxylic acids is 1. The van der Waals surface area contributed by atoms with Crippen molar-refractivity contribution in [1.29, 1.82) is 0 Å². The molecule has 1 rings (SSSR count). The highest BCUT2D eigenvalue weighted by Gasteiger charge is 2.17. The van der Waals surface area contributed by atoms with Gasteiger partial charge < -0.3 is 15.3 Å². The maximum absolute atomic E-state index is 12.3. The summed E-state index contributed by atoms with van der Waals surface area (Å²) in [5.41, 5.74) is 2.95. The maximum Gasteiger partial charge on any atom is 0.322 e. The molecule has 0 heterocycles. The van der Waals surface area contributed by atoms with Crippen molar-refractivity contribution in [3.05, 3.63) is 29.3 Å². The van der Waals surface area contributed by atoms with Crippen LogP contribution >= 0.6 is 0 Å². The lowest BCUT2D eigenvalue weighted by atomic mass is 10.1. The Kier molecular flexibility index (Phi) is 6.21. The number of nitrogens with one attached hydrogen (secondary N) is 1. The highest BCUT2D eigenvalue weighted by Crippen LogP contribution is 2.15. The number of benzene rings is 1. The molecule has 5 heteroatoms. The zero-order valence-corrected chi connectivity index (χ0v) is 13.1. The normalized spacial score (nSPS) is 10.5. The Hall–Kier alpha value is -2.04. The number of amides is 2. The summed E-state index contributed by atoms with van der Waals surface area (Å²) in [6, 6.07) is 5.70. The van der Waals surface area contributed by atoms with Gasteiger partial charge in [-0.2, -0.15) is 0 Å². The summed E-state index contributed by atoms with van der Waals surface area (Å²) in [6.07, 6.45) is 0.522. The SMILES string of the molecule is Cc1cc(C)cc(NC(=O)N(CCCC(=O)O)C(C)C)c1. The summed E-state index contributed by atoms with van der Waals surface area (Å²) in [5, 5.41) is 11.6. The van der Waals surface area contributed by atoms with Crippen molar-refractivity contribution in [2.45, 2.75) is 46.6 Å². The third-order valence-corrected chi connectivity index (χ3v) is 3.15. The van der Waals surface area contributed by atoms with Crippen molar-refractivity contribution in [2.75, 3.05) is 11.9 Å². The molecule has 0 saturated heterocycles. The maximum atomic E-state index is 12.3. The molecule has 116 valence electrons. The van der Waals surface area contributed by atoms with Gasteiger partial charge in [0.25, 0.3) is 0 Å². The second-order valence-corrected chi connectivity index (χ2v) is 5.59. The fourth-order valence-electron chi connectivity index (χ4n) is 2.24. The molecule has 21 heavy (non-hydrogen) atoms. The number of rotatable bonds is 6. The summed E-state index contributed by atoms with van der Waals surface area (Å²) in [4.78, 5) is 24.5. The zero-order valence-electron chi connectivity index (χ0n) is 13.1. The van der Waals surface area contributed by atoms with E-state index in [2.05, 4.69) is 5.32 Å². The van der Waals surface area contributed by atoms with Crippen molar-refractivity contribution < 1.29 is 14.7 Å². The van der Waals surface area contributed by atoms with Crippen molar-refractivity contribution in [3.63, 3.8) is 0 Å². The largest absolute Gasteiger partial charge is 0.481 e. The van der Waals surface area contributed by atoms with Gasteiger partial charge in [0.2, 0.25) is 0 Å². The van der Waals surface area contributed by atoms with E-state index in [1.165, 1.54) is 0 Å². The Balaban J connectivity index is 2.70. The van der Waals surface area contributed by atoms with Crippen molar-refractivity contribution in [3.8, 4) is 0 Å². The molecule has 1 aromatic rings. The van der Waals surface area contributed by atoms with Gasteiger partial charge in [0.1, 0.15) is 0 Å². The van der Waals surface area contributed by atoms with Crippen LogP contribution in [0.5, 0.6) is 0 Å². The van der Waals surface area contributed by atoms with Gasteiger partial charge in [-0.25, -0.2) is 4.79 Å². The lowest BCUT2D eigenvalue weighted by molar-refractivity contribution is -0.137. The molecule has 0 spiro atoms. The number of carbonyl (C=O) groups excluding carboxylic acids is 1. The molecule has 2 amide bonds. The highest BCUT2D eigenvalue weighted by atomic mass is 16.4. The van der Waals surface area contributed by atoms with E-state index in [0.717, 1.165) is 16.8 Å². The fraction of sp³-hybridized carbons (Fsp3) is 0.500. The number of hydrogen-bond donors (Lipinski definition) is 2. The molecule has 0 bridgehead atoms. The predicted molar refractivity (Wildman–Crippen MR) is 83.6 cm³/mol. The van der Waals surface area contributed by atoms with Crippen LogP contribution in [0.4, 0.5) is 10.5 Å². The molecule has 2 N–H and O–H groups in total. The number of carbonyl (C=O) groups is 2. The third kappa shape index (κ3) is 5.85. The van der Waals surface area contributed by atoms with Gasteiger partial charge in [0.15, 0.2) is 0 Å². The Labute approximate surface area is 126 Å². The number of anilines is 1. The Bertz CT molecular complexity index is 492. The number of aliphatic carboxylic acids is 1. The van der Waals surface area contributed by atoms with E-state index in [1.807, 2.05) is 45.9 Å². The minimum atomic E-state index is -0.839. The third-order valence-electron chi connectivity index (χ3n) is 3.15. The van der Waals surface area contributed by atoms with Crippen LogP contribution in [0.2, 0.25) is 0 Å². The monoisotopic (exact) mass is 292 g/mol. The van der Waals surface area contributed by atoms with E-state index >= 15 is 0 Å². The van der Waals surface area contributed by atoms with Crippen LogP contribution in [0.3, 0.4) is 0 Å². The van der Waals surface area contributed by atoms with Gasteiger partial charge in [0, 0.05) is 24.7 Å². The van der Waals surface area contributed by atoms with Gasteiger partial charge in [-0.15, -0.1) is 0 Å². The zero-order chi connectivity index (χ0) is 16.0. The number of carboxylic acid groups (broad SMARTS) is 1. The molecule has 0 aromatic heterocycles. The van der Waals surface area contributed by atoms with Gasteiger partial charge in [-0.1, -0.05) is 6.07 Å². The van der Waals surface area contributed by atoms with Crippen LogP contribution in [0.1, 0.15) is 37.8 Å². The minimum Gasteiger partial charge on any atom is -0.481 e. The molecule has 0 atom stereocenters. The molecule has 0 unspecified atom stereocenters. The first-order chi connectivity index (χ1) is 9.79. The van der Waals surface area contributed by atoms with Crippen molar-refractivity contribution >= 4 is 17.7 Å². The van der Waals surface area contributed by atoms with Crippen LogP contribution in [-0.4, -0.2) is 34.6 Å². The van der Waals surface area contributed by atoms with Crippen LogP contribution < -0.4 is 5.32 Å². The molecular weight excluding hydrogens is 268 g/mol. The number of hydrogen-bond acceptors (Lipinski definition) is 2. The van der Waals surface area contributed by atoms with Gasteiger partial charge in [-0.05, 0) is 57.4 Å². The molecule has 1 aromatic carbocycles. The lowest BCUT2D eigenvalue weighted by Crippen LogP contribution is -2.40. The minimum absolute atomic E-state index is 0.0182. The first-order valence-corrected chi connectivity index (χ1v) is 7.17. The van der Waals surface area contributed by atoms with Crippen LogP contribution in [0, 0.1) is 13.8 Å². The average Bonchev–Trinajstić information content (AvgIpc) is 2.32. The second kappa shape index (κ2) is 7.67. The number of urea groups is 1. The molecule has 0 fully saturated rings. The second-order valence-electron chi connectivity index (χ2n) is 5.59. The lowest BCUT2D eigenvalue weighted by Gasteiger charge is -2.27. The smallest absolute Gasteiger partial charge is 0.322 e. The Morgan fingerprint density at radius 1 is 1.19 bits per heavy atom. The van der Waals surface area contributed by atoms with E-state index in [9.17, 15) is 9.59 Å². The molecule has 0 saturated carbocycles. The van der Waals surface area contributed by atoms with Crippen molar-refractivity contribution in [2.24, 2.45) is 0 Å². The Morgan fingerprint density at radius 2 is 1.76 bits per heavy atom. The molecule has 0 aliphatic rings. The number of nitrogens with zero attached hydrogens (tertiary/aromatic N) is 1. The van der Waals surface area contributed by atoms with Gasteiger partial charge in [0.05, 0.1) is 0 Å². The first kappa shape index (κ1) is 17.0. The van der Waals surface area contributed by atoms with E-state index in [4.69, 9.17) is 5.11 Å². The van der Waals surface area contributed by atoms with Crippen LogP contribution in [-0.2, 0) is 4.79 Å². The first-order valence-electron chi connectivity index (χ1n) is 7.17. The van der Waals surface area contributed by atoms with Crippen LogP contribution in [0.15, 0.2) is 18.2 Å². The predicted octanol–water partition coefficient (Wildman–Crippen LogP) is 3.41. The van der Waals surface area contributed by atoms with E-state index < -0.39 is 5.97 Å². The Morgan fingerprint density at radius 3 is 2.24 bits per heavy atom. The highest BCUT2D eigenvalue weighted by molar-refractivity contribution is 5.89.